The molecule has 0 fully saturated rings. The van der Waals surface area contributed by atoms with Crippen molar-refractivity contribution in [2.75, 3.05) is 0 Å². The Balaban J connectivity index is 2.19. The molecule has 0 saturated carbocycles. The molecule has 6 nitrogen and oxygen atoms in total. The molecule has 7 heteroatoms. The summed E-state index contributed by atoms with van der Waals surface area (Å²) in [5, 5.41) is 11.9. The zero-order valence-corrected chi connectivity index (χ0v) is 14.1. The van der Waals surface area contributed by atoms with Crippen LogP contribution < -0.4 is 5.32 Å². The third kappa shape index (κ3) is 4.52. The van der Waals surface area contributed by atoms with E-state index in [0.29, 0.717) is 5.82 Å². The molecule has 2 N–H and O–H groups in total. The van der Waals surface area contributed by atoms with E-state index in [0.717, 1.165) is 5.56 Å². The van der Waals surface area contributed by atoms with Crippen molar-refractivity contribution in [2.45, 2.75) is 32.2 Å². The summed E-state index contributed by atoms with van der Waals surface area (Å²) in [6.45, 7) is 3.78. The van der Waals surface area contributed by atoms with Crippen LogP contribution in [0.25, 0.3) is 0 Å². The van der Waals surface area contributed by atoms with Crippen LogP contribution in [-0.2, 0) is 11.2 Å². The van der Waals surface area contributed by atoms with Gasteiger partial charge in [0.15, 0.2) is 0 Å². The highest BCUT2D eigenvalue weighted by molar-refractivity contribution is 6.33. The normalized spacial score (nSPS) is 12.0. The van der Waals surface area contributed by atoms with E-state index < -0.39 is 17.9 Å². The molecular weight excluding hydrogens is 330 g/mol. The quantitative estimate of drug-likeness (QED) is 0.838. The molecule has 0 bridgehead atoms. The number of aromatic nitrogens is 2. The van der Waals surface area contributed by atoms with Crippen LogP contribution in [0.5, 0.6) is 0 Å². The summed E-state index contributed by atoms with van der Waals surface area (Å²) in [6.07, 6.45) is 1.52. The summed E-state index contributed by atoms with van der Waals surface area (Å²) >= 11 is 5.99. The first-order valence-electron chi connectivity index (χ1n) is 7.48. The summed E-state index contributed by atoms with van der Waals surface area (Å²) < 4.78 is 0. The van der Waals surface area contributed by atoms with Crippen LogP contribution in [0, 0.1) is 0 Å². The predicted octanol–water partition coefficient (Wildman–Crippen LogP) is 2.68. The van der Waals surface area contributed by atoms with Crippen LogP contribution in [-0.4, -0.2) is 33.0 Å². The van der Waals surface area contributed by atoms with Crippen molar-refractivity contribution < 1.29 is 14.7 Å². The molecule has 1 unspecified atom stereocenters. The average molecular weight is 348 g/mol. The third-order valence-corrected chi connectivity index (χ3v) is 3.66. The van der Waals surface area contributed by atoms with E-state index in [4.69, 9.17) is 11.6 Å². The third-order valence-electron chi connectivity index (χ3n) is 3.38. The zero-order valence-electron chi connectivity index (χ0n) is 13.4. The fourth-order valence-corrected chi connectivity index (χ4v) is 2.27. The Morgan fingerprint density at radius 3 is 2.50 bits per heavy atom. The second-order valence-electron chi connectivity index (χ2n) is 5.63. The number of nitrogens with zero attached hydrogens (tertiary/aromatic N) is 2. The van der Waals surface area contributed by atoms with Crippen molar-refractivity contribution >= 4 is 23.5 Å². The van der Waals surface area contributed by atoms with Crippen molar-refractivity contribution in [3.8, 4) is 0 Å². The van der Waals surface area contributed by atoms with Gasteiger partial charge in [-0.25, -0.2) is 14.8 Å². The van der Waals surface area contributed by atoms with Gasteiger partial charge in [-0.05, 0) is 5.56 Å². The SMILES string of the molecule is CC(C)c1ncc(Cl)c(C(=O)NC(Cc2ccccc2)C(=O)O)n1. The van der Waals surface area contributed by atoms with Crippen molar-refractivity contribution in [1.29, 1.82) is 0 Å². The summed E-state index contributed by atoms with van der Waals surface area (Å²) in [5.41, 5.74) is 0.788. The number of aliphatic carboxylic acids is 1. The van der Waals surface area contributed by atoms with Gasteiger partial charge in [0.05, 0.1) is 11.2 Å². The Bertz CT molecular complexity index is 735. The zero-order chi connectivity index (χ0) is 17.7. The molecule has 0 radical (unpaired) electrons. The molecule has 1 amide bonds. The maximum atomic E-state index is 12.4. The van der Waals surface area contributed by atoms with E-state index in [1.807, 2.05) is 32.0 Å². The number of carboxylic acids is 1. The molecule has 0 spiro atoms. The lowest BCUT2D eigenvalue weighted by Gasteiger charge is -2.15. The first kappa shape index (κ1) is 17.9. The Kier molecular flexibility index (Phi) is 5.87. The molecule has 0 saturated heterocycles. The number of rotatable bonds is 6. The lowest BCUT2D eigenvalue weighted by molar-refractivity contribution is -0.139. The molecule has 2 aromatic rings. The number of hydrogen-bond donors (Lipinski definition) is 2. The van der Waals surface area contributed by atoms with E-state index in [2.05, 4.69) is 15.3 Å². The molecule has 24 heavy (non-hydrogen) atoms. The molecular formula is C17H18ClN3O3. The topological polar surface area (TPSA) is 92.2 Å². The van der Waals surface area contributed by atoms with Crippen molar-refractivity contribution in [3.05, 3.63) is 58.6 Å². The monoisotopic (exact) mass is 347 g/mol. The van der Waals surface area contributed by atoms with Crippen LogP contribution in [0.4, 0.5) is 0 Å². The summed E-state index contributed by atoms with van der Waals surface area (Å²) in [4.78, 5) is 32.1. The Morgan fingerprint density at radius 1 is 1.25 bits per heavy atom. The summed E-state index contributed by atoms with van der Waals surface area (Å²) in [7, 11) is 0. The first-order chi connectivity index (χ1) is 11.4. The smallest absolute Gasteiger partial charge is 0.326 e. The second-order valence-corrected chi connectivity index (χ2v) is 6.04. The number of carboxylic acid groups (broad SMARTS) is 1. The maximum absolute atomic E-state index is 12.4. The predicted molar refractivity (Wildman–Crippen MR) is 90.2 cm³/mol. The molecule has 0 aliphatic heterocycles. The van der Waals surface area contributed by atoms with E-state index in [1.54, 1.807) is 12.1 Å². The molecule has 1 heterocycles. The number of amides is 1. The number of carbonyl (C=O) groups excluding carboxylic acids is 1. The molecule has 1 atom stereocenters. The van der Waals surface area contributed by atoms with Crippen LogP contribution in [0.15, 0.2) is 36.5 Å². The van der Waals surface area contributed by atoms with Gasteiger partial charge in [-0.2, -0.15) is 0 Å². The van der Waals surface area contributed by atoms with Crippen LogP contribution in [0.3, 0.4) is 0 Å². The Labute approximate surface area is 144 Å². The first-order valence-corrected chi connectivity index (χ1v) is 7.86. The number of halogens is 1. The van der Waals surface area contributed by atoms with E-state index in [-0.39, 0.29) is 23.1 Å². The minimum Gasteiger partial charge on any atom is -0.480 e. The molecule has 126 valence electrons. The molecule has 1 aromatic carbocycles. The minimum atomic E-state index is -1.12. The molecule has 0 aliphatic carbocycles. The van der Waals surface area contributed by atoms with Gasteiger partial charge in [-0.1, -0.05) is 55.8 Å². The Morgan fingerprint density at radius 2 is 1.92 bits per heavy atom. The highest BCUT2D eigenvalue weighted by atomic mass is 35.5. The summed E-state index contributed by atoms with van der Waals surface area (Å²) in [6, 6.07) is 7.99. The van der Waals surface area contributed by atoms with E-state index in [9.17, 15) is 14.7 Å². The van der Waals surface area contributed by atoms with E-state index >= 15 is 0 Å². The van der Waals surface area contributed by atoms with Gasteiger partial charge in [0, 0.05) is 12.3 Å². The molecule has 0 aliphatic rings. The number of carbonyl (C=O) groups is 2. The van der Waals surface area contributed by atoms with Gasteiger partial charge in [0.2, 0.25) is 0 Å². The number of benzene rings is 1. The largest absolute Gasteiger partial charge is 0.480 e. The highest BCUT2D eigenvalue weighted by Gasteiger charge is 2.23. The fraction of sp³-hybridized carbons (Fsp3) is 0.294. The molecule has 1 aromatic heterocycles. The van der Waals surface area contributed by atoms with Crippen molar-refractivity contribution in [1.82, 2.24) is 15.3 Å². The fourth-order valence-electron chi connectivity index (χ4n) is 2.09. The lowest BCUT2D eigenvalue weighted by Crippen LogP contribution is -2.42. The van der Waals surface area contributed by atoms with Gasteiger partial charge < -0.3 is 10.4 Å². The van der Waals surface area contributed by atoms with Crippen LogP contribution in [0.1, 0.15) is 41.6 Å². The van der Waals surface area contributed by atoms with Gasteiger partial charge in [0.25, 0.3) is 5.91 Å². The van der Waals surface area contributed by atoms with Crippen LogP contribution in [0.2, 0.25) is 5.02 Å². The minimum absolute atomic E-state index is 0.0188. The van der Waals surface area contributed by atoms with Gasteiger partial charge in [0.1, 0.15) is 17.6 Å². The van der Waals surface area contributed by atoms with Crippen molar-refractivity contribution in [2.24, 2.45) is 0 Å². The number of hydrogen-bond acceptors (Lipinski definition) is 4. The standard InChI is InChI=1S/C17H18ClN3O3/c1-10(2)15-19-9-12(18)14(21-15)16(22)20-13(17(23)24)8-11-6-4-3-5-7-11/h3-7,9-10,13H,8H2,1-2H3,(H,20,22)(H,23,24). The lowest BCUT2D eigenvalue weighted by atomic mass is 10.1. The van der Waals surface area contributed by atoms with Crippen molar-refractivity contribution in [3.63, 3.8) is 0 Å². The highest BCUT2D eigenvalue weighted by Crippen LogP contribution is 2.16. The van der Waals surface area contributed by atoms with Gasteiger partial charge >= 0.3 is 5.97 Å². The van der Waals surface area contributed by atoms with Crippen LogP contribution >= 0.6 is 11.6 Å². The Hall–Kier alpha value is -2.47. The second kappa shape index (κ2) is 7.88. The molecule has 2 rings (SSSR count). The van der Waals surface area contributed by atoms with E-state index in [1.165, 1.54) is 6.20 Å². The van der Waals surface area contributed by atoms with Gasteiger partial charge in [-0.3, -0.25) is 4.79 Å². The summed E-state index contributed by atoms with van der Waals surface area (Å²) in [5.74, 6) is -1.26. The average Bonchev–Trinajstić information content (AvgIpc) is 2.55. The number of nitrogens with one attached hydrogen (secondary N) is 1. The van der Waals surface area contributed by atoms with Gasteiger partial charge in [-0.15, -0.1) is 0 Å². The maximum Gasteiger partial charge on any atom is 0.326 e.